The van der Waals surface area contributed by atoms with Gasteiger partial charge in [0.05, 0.1) is 23.1 Å². The van der Waals surface area contributed by atoms with Crippen LogP contribution < -0.4 is 20.7 Å². The third-order valence-corrected chi connectivity index (χ3v) is 8.92. The van der Waals surface area contributed by atoms with E-state index in [-0.39, 0.29) is 17.7 Å². The topological polar surface area (TPSA) is 126 Å². The van der Waals surface area contributed by atoms with Gasteiger partial charge < -0.3 is 20.7 Å². The van der Waals surface area contributed by atoms with E-state index in [2.05, 4.69) is 20.7 Å². The highest BCUT2D eigenvalue weighted by Crippen LogP contribution is 2.41. The van der Waals surface area contributed by atoms with E-state index >= 15 is 0 Å². The summed E-state index contributed by atoms with van der Waals surface area (Å²) in [6.45, 7) is 0. The van der Waals surface area contributed by atoms with Gasteiger partial charge in [-0.3, -0.25) is 9.52 Å². The lowest BCUT2D eigenvalue weighted by molar-refractivity contribution is -0.123. The number of thiol groups is 1. The molecule has 1 unspecified atom stereocenters. The van der Waals surface area contributed by atoms with E-state index in [1.165, 1.54) is 7.11 Å². The lowest BCUT2D eigenvalue weighted by Gasteiger charge is -2.25. The van der Waals surface area contributed by atoms with Crippen LogP contribution in [0.4, 0.5) is 10.5 Å². The number of benzene rings is 2. The number of thioether (sulfide) groups is 1. The van der Waals surface area contributed by atoms with Crippen molar-refractivity contribution in [2.24, 2.45) is 0 Å². The smallest absolute Gasteiger partial charge is 0.407 e. The Balaban J connectivity index is 1.55. The van der Waals surface area contributed by atoms with Gasteiger partial charge in [0.2, 0.25) is 16.8 Å². The van der Waals surface area contributed by atoms with Gasteiger partial charge in [0, 0.05) is 17.8 Å². The van der Waals surface area contributed by atoms with Crippen LogP contribution in [0.3, 0.4) is 0 Å². The predicted octanol–water partition coefficient (Wildman–Crippen LogP) is 4.21. The molecule has 2 amide bonds. The third kappa shape index (κ3) is 8.15. The van der Waals surface area contributed by atoms with Gasteiger partial charge in [0.25, 0.3) is 0 Å². The third-order valence-electron chi connectivity index (χ3n) is 5.89. The highest BCUT2D eigenvalue weighted by atomic mass is 35.5. The van der Waals surface area contributed by atoms with Crippen LogP contribution in [0.15, 0.2) is 77.1 Å². The van der Waals surface area contributed by atoms with Crippen LogP contribution in [0.5, 0.6) is 0 Å². The summed E-state index contributed by atoms with van der Waals surface area (Å²) in [5, 5.41) is 13.7. The molecule has 1 aromatic heterocycles. The van der Waals surface area contributed by atoms with Gasteiger partial charge >= 0.3 is 6.09 Å². The number of amides is 2. The summed E-state index contributed by atoms with van der Waals surface area (Å²) in [5.74, 6) is -0.374. The van der Waals surface area contributed by atoms with E-state index in [0.717, 1.165) is 21.7 Å². The number of hydrogen-bond donors (Lipinski definition) is 5. The van der Waals surface area contributed by atoms with Gasteiger partial charge in [0.1, 0.15) is 11.4 Å². The minimum absolute atomic E-state index is 0.0971. The van der Waals surface area contributed by atoms with Gasteiger partial charge in [-0.05, 0) is 46.5 Å². The van der Waals surface area contributed by atoms with Crippen molar-refractivity contribution in [3.8, 4) is 0 Å². The Morgan fingerprint density at radius 2 is 1.74 bits per heavy atom. The van der Waals surface area contributed by atoms with E-state index in [4.69, 9.17) is 16.3 Å². The van der Waals surface area contributed by atoms with Crippen LogP contribution in [0.1, 0.15) is 21.4 Å². The van der Waals surface area contributed by atoms with Gasteiger partial charge in [-0.15, -0.1) is 23.1 Å². The molecule has 0 spiro atoms. The first kappa shape index (κ1) is 28.8. The van der Waals surface area contributed by atoms with Crippen LogP contribution in [0, 0.1) is 0 Å². The molecule has 0 saturated carbocycles. The zero-order valence-corrected chi connectivity index (χ0v) is 24.0. The second-order valence-electron chi connectivity index (χ2n) is 8.58. The maximum Gasteiger partial charge on any atom is 0.407 e. The molecular formula is C26H27ClN4O5S3. The Bertz CT molecular complexity index is 1390. The average molecular weight is 607 g/mol. The summed E-state index contributed by atoms with van der Waals surface area (Å²) in [4.78, 5) is 26.6. The van der Waals surface area contributed by atoms with E-state index in [0.29, 0.717) is 17.1 Å². The highest BCUT2D eigenvalue weighted by Gasteiger charge is 2.30. The lowest BCUT2D eigenvalue weighted by Crippen LogP contribution is -2.52. The molecule has 0 saturated heterocycles. The number of hydrogen-bond acceptors (Lipinski definition) is 8. The van der Waals surface area contributed by atoms with Crippen molar-refractivity contribution in [2.75, 3.05) is 11.8 Å². The number of anilines is 1. The second-order valence-corrected chi connectivity index (χ2v) is 11.6. The molecule has 0 bridgehead atoms. The molecule has 3 atom stereocenters. The highest BCUT2D eigenvalue weighted by molar-refractivity contribution is 8.02. The largest absolute Gasteiger partial charge is 0.453 e. The Labute approximate surface area is 241 Å². The fourth-order valence-corrected chi connectivity index (χ4v) is 6.81. The summed E-state index contributed by atoms with van der Waals surface area (Å²) in [6.07, 6.45) is -0.0175. The van der Waals surface area contributed by atoms with Crippen molar-refractivity contribution in [3.05, 3.63) is 98.2 Å². The SMILES string of the molecule is COC(=O)N[C@@H](Cc1ccccc1)C(=O)N[C@@H](Cc1ccc(N[SH](=O)=O)cc1)C1=CSC(c2sccc2Cl)N1. The minimum Gasteiger partial charge on any atom is -0.453 e. The van der Waals surface area contributed by atoms with Crippen molar-refractivity contribution < 1.29 is 22.7 Å². The van der Waals surface area contributed by atoms with Crippen LogP contribution in [0.25, 0.3) is 0 Å². The van der Waals surface area contributed by atoms with Gasteiger partial charge in [-0.25, -0.2) is 13.2 Å². The Morgan fingerprint density at radius 3 is 2.38 bits per heavy atom. The fourth-order valence-electron chi connectivity index (χ4n) is 3.99. The van der Waals surface area contributed by atoms with E-state index in [1.807, 2.05) is 47.2 Å². The number of alkyl carbamates (subject to hydrolysis) is 1. The van der Waals surface area contributed by atoms with Crippen LogP contribution in [0.2, 0.25) is 5.02 Å². The van der Waals surface area contributed by atoms with Crippen LogP contribution >= 0.6 is 34.7 Å². The van der Waals surface area contributed by atoms with Crippen molar-refractivity contribution in [2.45, 2.75) is 30.3 Å². The first-order chi connectivity index (χ1) is 18.8. The number of rotatable bonds is 11. The maximum absolute atomic E-state index is 13.6. The summed E-state index contributed by atoms with van der Waals surface area (Å²) in [5.41, 5.74) is 3.00. The molecule has 4 rings (SSSR count). The molecule has 1 aliphatic heterocycles. The number of carbonyl (C=O) groups is 2. The Morgan fingerprint density at radius 1 is 1.03 bits per heavy atom. The van der Waals surface area contributed by atoms with Crippen molar-refractivity contribution in [1.29, 1.82) is 0 Å². The van der Waals surface area contributed by atoms with E-state index in [1.54, 1.807) is 47.4 Å². The van der Waals surface area contributed by atoms with Gasteiger partial charge in [-0.1, -0.05) is 54.1 Å². The normalized spacial score (nSPS) is 16.1. The first-order valence-corrected chi connectivity index (χ1v) is 15.2. The predicted molar refractivity (Wildman–Crippen MR) is 156 cm³/mol. The van der Waals surface area contributed by atoms with Gasteiger partial charge in [-0.2, -0.15) is 0 Å². The molecule has 0 aliphatic carbocycles. The quantitative estimate of drug-likeness (QED) is 0.207. The molecular weight excluding hydrogens is 580 g/mol. The standard InChI is InChI=1S/C26H27ClN4O5S3/c1-36-26(33)30-21(14-16-5-3-2-4-6-16)24(32)28-20(13-17-7-9-18(10-8-17)31-39(34)35)22-15-38-25(29-22)23-19(27)11-12-37-23/h2-12,15,20-21,25,29,39H,13-14H2,1H3,(H,28,32)(H,30,33)(H,31,34,35)/t20-,21-,25?/m0/s1. The molecule has 0 radical (unpaired) electrons. The van der Waals surface area contributed by atoms with Crippen LogP contribution in [-0.2, 0) is 33.3 Å². The molecule has 4 N–H and O–H groups in total. The Hall–Kier alpha value is -3.19. The van der Waals surface area contributed by atoms with E-state index < -0.39 is 29.1 Å². The monoisotopic (exact) mass is 606 g/mol. The number of methoxy groups -OCH3 is 1. The Kier molecular flexibility index (Phi) is 10.2. The molecule has 1 aliphatic rings. The van der Waals surface area contributed by atoms with E-state index in [9.17, 15) is 18.0 Å². The summed E-state index contributed by atoms with van der Waals surface area (Å²) < 4.78 is 29.1. The number of nitrogens with one attached hydrogen (secondary N) is 4. The minimum atomic E-state index is -2.77. The zero-order chi connectivity index (χ0) is 27.8. The summed E-state index contributed by atoms with van der Waals surface area (Å²) >= 11 is 9.46. The molecule has 3 aromatic rings. The number of halogens is 1. The number of ether oxygens (including phenoxy) is 1. The summed E-state index contributed by atoms with van der Waals surface area (Å²) in [6, 6.07) is 16.8. The van der Waals surface area contributed by atoms with Crippen molar-refractivity contribution >= 4 is 63.3 Å². The fraction of sp³-hybridized carbons (Fsp3) is 0.231. The average Bonchev–Trinajstić information content (AvgIpc) is 3.58. The van der Waals surface area contributed by atoms with Gasteiger partial charge in [0.15, 0.2) is 0 Å². The molecule has 206 valence electrons. The molecule has 2 aromatic carbocycles. The van der Waals surface area contributed by atoms with Crippen molar-refractivity contribution in [3.63, 3.8) is 0 Å². The zero-order valence-electron chi connectivity index (χ0n) is 20.8. The lowest BCUT2D eigenvalue weighted by atomic mass is 10.0. The second kappa shape index (κ2) is 13.7. The number of carbonyl (C=O) groups excluding carboxylic acids is 2. The first-order valence-electron chi connectivity index (χ1n) is 11.9. The molecule has 13 heteroatoms. The van der Waals surface area contributed by atoms with Crippen molar-refractivity contribution in [1.82, 2.24) is 16.0 Å². The number of thiophene rings is 1. The molecule has 39 heavy (non-hydrogen) atoms. The molecule has 2 heterocycles. The molecule has 9 nitrogen and oxygen atoms in total. The molecule has 0 fully saturated rings. The van der Waals surface area contributed by atoms with Crippen LogP contribution in [-0.4, -0.2) is 39.6 Å². The maximum atomic E-state index is 13.6. The summed E-state index contributed by atoms with van der Waals surface area (Å²) in [7, 11) is -1.52.